The van der Waals surface area contributed by atoms with E-state index in [0.29, 0.717) is 13.1 Å². The van der Waals surface area contributed by atoms with Gasteiger partial charge in [-0.25, -0.2) is 9.48 Å². The summed E-state index contributed by atoms with van der Waals surface area (Å²) in [6, 6.07) is 1.10. The van der Waals surface area contributed by atoms with Crippen LogP contribution in [0.15, 0.2) is 17.1 Å². The first-order valence-corrected chi connectivity index (χ1v) is 8.45. The van der Waals surface area contributed by atoms with Crippen LogP contribution in [-0.2, 0) is 16.6 Å². The van der Waals surface area contributed by atoms with Gasteiger partial charge in [-0.2, -0.15) is 5.10 Å². The van der Waals surface area contributed by atoms with E-state index in [1.807, 2.05) is 0 Å². The fraction of sp³-hybridized carbons (Fsp3) is 0.562. The van der Waals surface area contributed by atoms with Gasteiger partial charge in [-0.15, -0.1) is 0 Å². The molecule has 2 aliphatic rings. The van der Waals surface area contributed by atoms with Crippen molar-refractivity contribution in [3.63, 3.8) is 0 Å². The summed E-state index contributed by atoms with van der Waals surface area (Å²) in [6.07, 6.45) is 2.53. The minimum absolute atomic E-state index is 0.00821. The minimum atomic E-state index is -0.449. The number of hydrogen-bond donors (Lipinski definition) is 1. The molecule has 1 aromatic rings. The second kappa shape index (κ2) is 7.14. The standard InChI is InChI=1S/C16H22N6O4/c1-19-10-15(25)22(16(19)26)9-13(23)17-6-11-3-4-21(8-11)12-5-14(24)20(2)18-7-12/h5,7,11H,3-4,6,8-10H2,1-2H3,(H,17,23). The Morgan fingerprint density at radius 1 is 1.31 bits per heavy atom. The number of urea groups is 1. The van der Waals surface area contributed by atoms with E-state index in [9.17, 15) is 19.2 Å². The molecule has 0 spiro atoms. The predicted octanol–water partition coefficient (Wildman–Crippen LogP) is -1.38. The molecule has 0 aromatic carbocycles. The van der Waals surface area contributed by atoms with Gasteiger partial charge < -0.3 is 15.1 Å². The van der Waals surface area contributed by atoms with Crippen molar-refractivity contribution < 1.29 is 14.4 Å². The van der Waals surface area contributed by atoms with Gasteiger partial charge in [-0.05, 0) is 12.3 Å². The van der Waals surface area contributed by atoms with Crippen LogP contribution < -0.4 is 15.8 Å². The largest absolute Gasteiger partial charge is 0.370 e. The molecule has 1 unspecified atom stereocenters. The number of nitrogens with one attached hydrogen (secondary N) is 1. The summed E-state index contributed by atoms with van der Waals surface area (Å²) in [6.45, 7) is 1.70. The topological polar surface area (TPSA) is 108 Å². The molecular formula is C16H22N6O4. The number of anilines is 1. The SMILES string of the molecule is CN1CC(=O)N(CC(=O)NCC2CCN(c3cnn(C)c(=O)c3)C2)C1=O. The van der Waals surface area contributed by atoms with Crippen LogP contribution in [0.3, 0.4) is 0 Å². The van der Waals surface area contributed by atoms with E-state index in [4.69, 9.17) is 0 Å². The van der Waals surface area contributed by atoms with Gasteiger partial charge in [0.2, 0.25) is 5.91 Å². The number of nitrogens with zero attached hydrogens (tertiary/aromatic N) is 5. The number of aromatic nitrogens is 2. The van der Waals surface area contributed by atoms with Crippen molar-refractivity contribution >= 4 is 23.5 Å². The third-order valence-electron chi connectivity index (χ3n) is 4.73. The Labute approximate surface area is 150 Å². The van der Waals surface area contributed by atoms with Crippen LogP contribution in [0.2, 0.25) is 0 Å². The summed E-state index contributed by atoms with van der Waals surface area (Å²) in [5.74, 6) is -0.482. The highest BCUT2D eigenvalue weighted by Gasteiger charge is 2.35. The third-order valence-corrected chi connectivity index (χ3v) is 4.73. The fourth-order valence-electron chi connectivity index (χ4n) is 3.15. The third kappa shape index (κ3) is 3.68. The van der Waals surface area contributed by atoms with Crippen LogP contribution in [0.5, 0.6) is 0 Å². The Bertz CT molecular complexity index is 791. The molecule has 0 saturated carbocycles. The normalized spacial score (nSPS) is 20.2. The summed E-state index contributed by atoms with van der Waals surface area (Å²) in [5, 5.41) is 6.81. The molecule has 140 valence electrons. The Balaban J connectivity index is 1.48. The van der Waals surface area contributed by atoms with E-state index in [1.54, 1.807) is 19.3 Å². The molecule has 0 radical (unpaired) electrons. The van der Waals surface area contributed by atoms with Gasteiger partial charge in [0.25, 0.3) is 11.5 Å². The first-order valence-electron chi connectivity index (χ1n) is 8.45. The molecule has 26 heavy (non-hydrogen) atoms. The highest BCUT2D eigenvalue weighted by molar-refractivity contribution is 6.04. The molecule has 1 N–H and O–H groups in total. The first-order chi connectivity index (χ1) is 12.3. The molecular weight excluding hydrogens is 340 g/mol. The number of hydrogen-bond acceptors (Lipinski definition) is 6. The maximum Gasteiger partial charge on any atom is 0.327 e. The molecule has 2 aliphatic heterocycles. The Hall–Kier alpha value is -2.91. The van der Waals surface area contributed by atoms with Gasteiger partial charge in [0, 0.05) is 39.8 Å². The minimum Gasteiger partial charge on any atom is -0.370 e. The zero-order valence-electron chi connectivity index (χ0n) is 14.8. The lowest BCUT2D eigenvalue weighted by molar-refractivity contribution is -0.130. The number of amides is 4. The van der Waals surface area contributed by atoms with Gasteiger partial charge in [0.15, 0.2) is 0 Å². The van der Waals surface area contributed by atoms with E-state index in [-0.39, 0.29) is 36.4 Å². The number of carbonyl (C=O) groups excluding carboxylic acids is 3. The lowest BCUT2D eigenvalue weighted by atomic mass is 10.1. The molecule has 2 saturated heterocycles. The van der Waals surface area contributed by atoms with Gasteiger partial charge in [-0.1, -0.05) is 0 Å². The Morgan fingerprint density at radius 2 is 2.08 bits per heavy atom. The quantitative estimate of drug-likeness (QED) is 0.647. The summed E-state index contributed by atoms with van der Waals surface area (Å²) < 4.78 is 1.27. The number of rotatable bonds is 5. The molecule has 10 heteroatoms. The molecule has 3 rings (SSSR count). The molecule has 0 bridgehead atoms. The number of carbonyl (C=O) groups is 3. The number of likely N-dealkylation sites (N-methyl/N-ethyl adjacent to an activating group) is 1. The lowest BCUT2D eigenvalue weighted by Gasteiger charge is -2.19. The summed E-state index contributed by atoms with van der Waals surface area (Å²) in [5.41, 5.74) is 0.613. The van der Waals surface area contributed by atoms with Crippen molar-refractivity contribution in [1.29, 1.82) is 0 Å². The van der Waals surface area contributed by atoms with E-state index in [2.05, 4.69) is 15.3 Å². The molecule has 10 nitrogen and oxygen atoms in total. The first kappa shape index (κ1) is 17.9. The maximum absolute atomic E-state index is 12.0. The van der Waals surface area contributed by atoms with Crippen LogP contribution in [-0.4, -0.2) is 77.2 Å². The van der Waals surface area contributed by atoms with E-state index < -0.39 is 6.03 Å². The van der Waals surface area contributed by atoms with Crippen molar-refractivity contribution in [2.24, 2.45) is 13.0 Å². The average molecular weight is 362 g/mol. The predicted molar refractivity (Wildman–Crippen MR) is 92.5 cm³/mol. The van der Waals surface area contributed by atoms with Crippen LogP contribution >= 0.6 is 0 Å². The number of aryl methyl sites for hydroxylation is 1. The van der Waals surface area contributed by atoms with Crippen molar-refractivity contribution in [2.75, 3.05) is 44.7 Å². The van der Waals surface area contributed by atoms with Crippen molar-refractivity contribution in [3.8, 4) is 0 Å². The number of imide groups is 1. The van der Waals surface area contributed by atoms with Crippen molar-refractivity contribution in [3.05, 3.63) is 22.6 Å². The molecule has 1 atom stereocenters. The van der Waals surface area contributed by atoms with Gasteiger partial charge in [0.05, 0.1) is 11.9 Å². The molecule has 0 aliphatic carbocycles. The van der Waals surface area contributed by atoms with Crippen LogP contribution in [0, 0.1) is 5.92 Å². The molecule has 2 fully saturated rings. The Morgan fingerprint density at radius 3 is 2.73 bits per heavy atom. The summed E-state index contributed by atoms with van der Waals surface area (Å²) in [7, 11) is 3.12. The van der Waals surface area contributed by atoms with Crippen LogP contribution in [0.1, 0.15) is 6.42 Å². The smallest absolute Gasteiger partial charge is 0.327 e. The molecule has 1 aromatic heterocycles. The molecule has 4 amide bonds. The van der Waals surface area contributed by atoms with Crippen molar-refractivity contribution in [2.45, 2.75) is 6.42 Å². The average Bonchev–Trinajstić information content (AvgIpc) is 3.16. The van der Waals surface area contributed by atoms with E-state index in [1.165, 1.54) is 16.6 Å². The zero-order chi connectivity index (χ0) is 18.8. The van der Waals surface area contributed by atoms with Gasteiger partial charge >= 0.3 is 6.03 Å². The van der Waals surface area contributed by atoms with Crippen LogP contribution in [0.4, 0.5) is 10.5 Å². The highest BCUT2D eigenvalue weighted by atomic mass is 16.2. The lowest BCUT2D eigenvalue weighted by Crippen LogP contribution is -2.42. The van der Waals surface area contributed by atoms with Gasteiger partial charge in [-0.3, -0.25) is 19.3 Å². The summed E-state index contributed by atoms with van der Waals surface area (Å²) in [4.78, 5) is 51.5. The monoisotopic (exact) mass is 362 g/mol. The molecule has 3 heterocycles. The Kier molecular flexibility index (Phi) is 4.92. The van der Waals surface area contributed by atoms with E-state index in [0.717, 1.165) is 23.6 Å². The van der Waals surface area contributed by atoms with Crippen molar-refractivity contribution in [1.82, 2.24) is 24.9 Å². The second-order valence-corrected chi connectivity index (χ2v) is 6.70. The van der Waals surface area contributed by atoms with Crippen LogP contribution in [0.25, 0.3) is 0 Å². The fourth-order valence-corrected chi connectivity index (χ4v) is 3.15. The zero-order valence-corrected chi connectivity index (χ0v) is 14.8. The maximum atomic E-state index is 12.0. The van der Waals surface area contributed by atoms with E-state index >= 15 is 0 Å². The highest BCUT2D eigenvalue weighted by Crippen LogP contribution is 2.21. The second-order valence-electron chi connectivity index (χ2n) is 6.70. The van der Waals surface area contributed by atoms with Gasteiger partial charge in [0.1, 0.15) is 13.1 Å². The summed E-state index contributed by atoms with van der Waals surface area (Å²) >= 11 is 0.